The number of aromatic nitrogens is 3. The number of anilines is 2. The van der Waals surface area contributed by atoms with E-state index in [9.17, 15) is 8.42 Å². The second kappa shape index (κ2) is 11.7. The fraction of sp³-hybridized carbons (Fsp3) is 0.458. The molecular formula is C24H33N7O3S2. The number of nitrogens with one attached hydrogen (secondary N) is 2. The highest BCUT2D eigenvalue weighted by Crippen LogP contribution is 2.28. The van der Waals surface area contributed by atoms with Crippen molar-refractivity contribution >= 4 is 46.1 Å². The van der Waals surface area contributed by atoms with Crippen LogP contribution in [0.3, 0.4) is 0 Å². The topological polar surface area (TPSA) is 113 Å². The van der Waals surface area contributed by atoms with Crippen LogP contribution in [0.25, 0.3) is 22.3 Å². The van der Waals surface area contributed by atoms with Crippen molar-refractivity contribution < 1.29 is 13.2 Å². The van der Waals surface area contributed by atoms with Gasteiger partial charge in [0.05, 0.1) is 29.7 Å². The molecular weight excluding hydrogens is 498 g/mol. The van der Waals surface area contributed by atoms with Crippen LogP contribution >= 0.6 is 13.5 Å². The van der Waals surface area contributed by atoms with Crippen molar-refractivity contribution in [2.45, 2.75) is 13.0 Å². The number of benzene rings is 1. The van der Waals surface area contributed by atoms with Gasteiger partial charge >= 0.3 is 0 Å². The molecule has 2 fully saturated rings. The van der Waals surface area contributed by atoms with Crippen molar-refractivity contribution in [3.8, 4) is 11.3 Å². The van der Waals surface area contributed by atoms with Gasteiger partial charge in [-0.2, -0.15) is 17.8 Å². The highest BCUT2D eigenvalue weighted by molar-refractivity contribution is 7.89. The lowest BCUT2D eigenvalue weighted by atomic mass is 10.1. The average molecular weight is 532 g/mol. The summed E-state index contributed by atoms with van der Waals surface area (Å²) >= 11 is 0. The lowest BCUT2D eigenvalue weighted by Gasteiger charge is -2.35. The Balaban J connectivity index is 0.00000304. The third kappa shape index (κ3) is 5.89. The molecule has 2 N–H and O–H groups in total. The van der Waals surface area contributed by atoms with Crippen LogP contribution in [0.2, 0.25) is 0 Å². The number of rotatable bonds is 7. The molecule has 0 saturated carbocycles. The Morgan fingerprint density at radius 1 is 1.11 bits per heavy atom. The predicted molar refractivity (Wildman–Crippen MR) is 147 cm³/mol. The molecule has 2 saturated heterocycles. The van der Waals surface area contributed by atoms with Gasteiger partial charge in [-0.15, -0.1) is 0 Å². The molecule has 3 aromatic rings. The Morgan fingerprint density at radius 3 is 2.56 bits per heavy atom. The van der Waals surface area contributed by atoms with E-state index >= 15 is 0 Å². The highest BCUT2D eigenvalue weighted by Gasteiger charge is 2.25. The summed E-state index contributed by atoms with van der Waals surface area (Å²) in [6, 6.07) is 10.2. The van der Waals surface area contributed by atoms with E-state index in [1.807, 2.05) is 18.2 Å². The summed E-state index contributed by atoms with van der Waals surface area (Å²) in [5.41, 5.74) is 4.38. The average Bonchev–Trinajstić information content (AvgIpc) is 2.92. The maximum absolute atomic E-state index is 12.1. The third-order valence-corrected chi connectivity index (χ3v) is 8.36. The van der Waals surface area contributed by atoms with Gasteiger partial charge in [0.15, 0.2) is 5.82 Å². The van der Waals surface area contributed by atoms with Crippen molar-refractivity contribution in [2.24, 2.45) is 0 Å². The van der Waals surface area contributed by atoms with Crippen LogP contribution in [-0.2, 0) is 14.8 Å². The van der Waals surface area contributed by atoms with E-state index in [1.54, 1.807) is 23.6 Å². The van der Waals surface area contributed by atoms with E-state index in [0.717, 1.165) is 41.1 Å². The first-order valence-electron chi connectivity index (χ1n) is 12.0. The van der Waals surface area contributed by atoms with E-state index < -0.39 is 10.0 Å². The zero-order chi connectivity index (χ0) is 24.3. The number of hydrogen-bond donors (Lipinski definition) is 2. The first-order chi connectivity index (χ1) is 17.0. The molecule has 0 spiro atoms. The lowest BCUT2D eigenvalue weighted by molar-refractivity contribution is 0.0372. The molecule has 0 bridgehead atoms. The SMILES string of the molecule is CCS(=O)(=O)N1CCN(c2ccc(-c3cc4nccnc4c(NC[C@@H]4CNCCO4)n3)cc2)CC1.S. The van der Waals surface area contributed by atoms with Gasteiger partial charge in [-0.25, -0.2) is 18.4 Å². The minimum absolute atomic E-state index is 0. The number of fused-ring (bicyclic) bond motifs is 1. The molecule has 2 aliphatic rings. The summed E-state index contributed by atoms with van der Waals surface area (Å²) in [7, 11) is -3.13. The van der Waals surface area contributed by atoms with E-state index in [-0.39, 0.29) is 25.4 Å². The largest absolute Gasteiger partial charge is 0.374 e. The fourth-order valence-electron chi connectivity index (χ4n) is 4.45. The minimum atomic E-state index is -3.13. The van der Waals surface area contributed by atoms with Crippen molar-refractivity contribution in [3.05, 3.63) is 42.7 Å². The number of piperazine rings is 1. The van der Waals surface area contributed by atoms with E-state index in [0.29, 0.717) is 45.1 Å². The molecule has 10 nitrogen and oxygen atoms in total. The van der Waals surface area contributed by atoms with Gasteiger partial charge in [0.25, 0.3) is 0 Å². The Bertz CT molecular complexity index is 1260. The predicted octanol–water partition coefficient (Wildman–Crippen LogP) is 1.68. The number of morpholine rings is 1. The van der Waals surface area contributed by atoms with Gasteiger partial charge in [-0.05, 0) is 25.1 Å². The number of ether oxygens (including phenoxy) is 1. The molecule has 4 heterocycles. The van der Waals surface area contributed by atoms with Gasteiger partial charge < -0.3 is 20.3 Å². The zero-order valence-electron chi connectivity index (χ0n) is 20.4. The Kier molecular flexibility index (Phi) is 8.62. The minimum Gasteiger partial charge on any atom is -0.374 e. The second-order valence-electron chi connectivity index (χ2n) is 8.69. The standard InChI is InChI=1S/C24H31N7O3S.H2S/c1-2-35(32,33)31-12-10-30(11-13-31)19-5-3-18(4-6-19)21-15-22-23(27-8-7-26-22)24(29-21)28-17-20-16-25-9-14-34-20;/h3-8,15,20,25H,2,9-14,16-17H2,1H3,(H,28,29);1H2/t20-;/m0./s1. The normalized spacial score (nSPS) is 19.1. The Morgan fingerprint density at radius 2 is 1.86 bits per heavy atom. The highest BCUT2D eigenvalue weighted by atomic mass is 32.2. The molecule has 0 aliphatic carbocycles. The number of nitrogens with zero attached hydrogens (tertiary/aromatic N) is 5. The number of sulfonamides is 1. The van der Waals surface area contributed by atoms with Crippen LogP contribution in [0.15, 0.2) is 42.7 Å². The molecule has 5 rings (SSSR count). The molecule has 2 aliphatic heterocycles. The quantitative estimate of drug-likeness (QED) is 0.470. The van der Waals surface area contributed by atoms with Crippen LogP contribution in [0.4, 0.5) is 11.5 Å². The summed E-state index contributed by atoms with van der Waals surface area (Å²) in [6.45, 7) is 7.08. The maximum atomic E-state index is 12.1. The molecule has 0 amide bonds. The van der Waals surface area contributed by atoms with Crippen molar-refractivity contribution in [3.63, 3.8) is 0 Å². The maximum Gasteiger partial charge on any atom is 0.213 e. The molecule has 0 radical (unpaired) electrons. The van der Waals surface area contributed by atoms with Crippen LogP contribution in [0.5, 0.6) is 0 Å². The van der Waals surface area contributed by atoms with Gasteiger partial charge in [-0.3, -0.25) is 4.98 Å². The van der Waals surface area contributed by atoms with Crippen molar-refractivity contribution in [2.75, 3.05) is 68.4 Å². The van der Waals surface area contributed by atoms with Gasteiger partial charge in [0, 0.05) is 69.5 Å². The lowest BCUT2D eigenvalue weighted by Crippen LogP contribution is -2.49. The smallest absolute Gasteiger partial charge is 0.213 e. The number of pyridine rings is 1. The number of hydrogen-bond acceptors (Lipinski definition) is 9. The van der Waals surface area contributed by atoms with Crippen LogP contribution < -0.4 is 15.5 Å². The summed E-state index contributed by atoms with van der Waals surface area (Å²) in [6.07, 6.45) is 3.44. The van der Waals surface area contributed by atoms with E-state index in [2.05, 4.69) is 37.6 Å². The monoisotopic (exact) mass is 531 g/mol. The second-order valence-corrected chi connectivity index (χ2v) is 10.9. The molecule has 2 aromatic heterocycles. The molecule has 194 valence electrons. The van der Waals surface area contributed by atoms with Gasteiger partial charge in [0.2, 0.25) is 10.0 Å². The third-order valence-electron chi connectivity index (χ3n) is 6.48. The summed E-state index contributed by atoms with van der Waals surface area (Å²) in [5, 5.41) is 6.75. The molecule has 1 atom stereocenters. The van der Waals surface area contributed by atoms with Crippen molar-refractivity contribution in [1.82, 2.24) is 24.6 Å². The molecule has 1 aromatic carbocycles. The van der Waals surface area contributed by atoms with Crippen LogP contribution in [0.1, 0.15) is 6.92 Å². The van der Waals surface area contributed by atoms with Crippen LogP contribution in [0, 0.1) is 0 Å². The molecule has 12 heteroatoms. The van der Waals surface area contributed by atoms with E-state index in [4.69, 9.17) is 9.72 Å². The van der Waals surface area contributed by atoms with Crippen molar-refractivity contribution in [1.29, 1.82) is 0 Å². The fourth-order valence-corrected chi connectivity index (χ4v) is 5.54. The van der Waals surface area contributed by atoms with Crippen LogP contribution in [-0.4, -0.2) is 92.0 Å². The van der Waals surface area contributed by atoms with E-state index in [1.165, 1.54) is 0 Å². The zero-order valence-corrected chi connectivity index (χ0v) is 22.2. The van der Waals surface area contributed by atoms with Gasteiger partial charge in [-0.1, -0.05) is 12.1 Å². The van der Waals surface area contributed by atoms with Gasteiger partial charge in [0.1, 0.15) is 5.52 Å². The first kappa shape index (κ1) is 26.6. The Labute approximate surface area is 219 Å². The summed E-state index contributed by atoms with van der Waals surface area (Å²) in [5.74, 6) is 0.837. The molecule has 0 unspecified atom stereocenters. The first-order valence-corrected chi connectivity index (χ1v) is 13.7. The summed E-state index contributed by atoms with van der Waals surface area (Å²) in [4.78, 5) is 16.1. The summed E-state index contributed by atoms with van der Waals surface area (Å²) < 4.78 is 31.6. The Hall–Kier alpha value is -2.51. The molecule has 36 heavy (non-hydrogen) atoms.